The zero-order valence-electron chi connectivity index (χ0n) is 34.4. The first-order valence-corrected chi connectivity index (χ1v) is 20.5. The molecule has 6 aromatic rings. The van der Waals surface area contributed by atoms with Crippen LogP contribution in [0.3, 0.4) is 0 Å². The van der Waals surface area contributed by atoms with Crippen molar-refractivity contribution in [2.75, 3.05) is 47.0 Å². The standard InChI is InChI=1S/C50H57N3O5/c1-36(2)34-53(50(55)38-24-22-37(23-25-38)45-18-9-10-20-47(45)56-3)35-41-26-27-42(33-48(41)57-4)58-31-12-21-49(54)52-30-13-29-51-28-11-19-46-43-16-7-5-14-39(43)32-40-15-6-8-17-44(40)46/h5-10,14-18,20,22-27,32-33,36,51H,11-13,19,21,28-31,34-35H2,1-4H3,(H,52,54). The first-order chi connectivity index (χ1) is 28.3. The van der Waals surface area contributed by atoms with Gasteiger partial charge in [-0.15, -0.1) is 0 Å². The minimum atomic E-state index is -0.0427. The quantitative estimate of drug-likeness (QED) is 0.0559. The Bertz CT molecular complexity index is 2210. The van der Waals surface area contributed by atoms with Crippen LogP contribution in [0.25, 0.3) is 32.7 Å². The van der Waals surface area contributed by atoms with E-state index in [0.717, 1.165) is 54.8 Å². The first-order valence-electron chi connectivity index (χ1n) is 20.5. The summed E-state index contributed by atoms with van der Waals surface area (Å²) in [5.74, 6) is 2.37. The van der Waals surface area contributed by atoms with Gasteiger partial charge in [0.2, 0.25) is 5.91 Å². The Morgan fingerprint density at radius 2 is 1.36 bits per heavy atom. The number of nitrogens with zero attached hydrogens (tertiary/aromatic N) is 1. The molecule has 302 valence electrons. The van der Waals surface area contributed by atoms with Crippen LogP contribution < -0.4 is 24.8 Å². The number of carbonyl (C=O) groups excluding carboxylic acids is 2. The van der Waals surface area contributed by atoms with E-state index >= 15 is 0 Å². The van der Waals surface area contributed by atoms with Crippen LogP contribution in [-0.2, 0) is 17.8 Å². The summed E-state index contributed by atoms with van der Waals surface area (Å²) in [7, 11) is 3.29. The Balaban J connectivity index is 0.899. The van der Waals surface area contributed by atoms with E-state index in [0.29, 0.717) is 56.1 Å². The van der Waals surface area contributed by atoms with Crippen molar-refractivity contribution in [2.45, 2.75) is 52.5 Å². The van der Waals surface area contributed by atoms with Crippen molar-refractivity contribution in [2.24, 2.45) is 5.92 Å². The molecule has 0 heterocycles. The van der Waals surface area contributed by atoms with E-state index in [-0.39, 0.29) is 17.7 Å². The number of hydrogen-bond donors (Lipinski definition) is 2. The van der Waals surface area contributed by atoms with Gasteiger partial charge >= 0.3 is 0 Å². The molecule has 0 saturated heterocycles. The lowest BCUT2D eigenvalue weighted by Gasteiger charge is -2.26. The maximum absolute atomic E-state index is 13.8. The minimum Gasteiger partial charge on any atom is -0.496 e. The molecule has 0 unspecified atom stereocenters. The number of aryl methyl sites for hydroxylation is 1. The SMILES string of the molecule is COc1cc(OCCCC(=O)NCCCNCCCc2c3ccccc3cc3ccccc23)ccc1CN(CC(C)C)C(=O)c1ccc(-c2ccccc2OC)cc1. The molecule has 0 bridgehead atoms. The molecule has 0 aromatic heterocycles. The number of hydrogen-bond acceptors (Lipinski definition) is 6. The van der Waals surface area contributed by atoms with E-state index in [1.807, 2.05) is 71.6 Å². The monoisotopic (exact) mass is 779 g/mol. The third kappa shape index (κ3) is 11.2. The third-order valence-electron chi connectivity index (χ3n) is 10.4. The van der Waals surface area contributed by atoms with Gasteiger partial charge in [0.25, 0.3) is 5.91 Å². The van der Waals surface area contributed by atoms with Gasteiger partial charge in [0.1, 0.15) is 17.2 Å². The van der Waals surface area contributed by atoms with Crippen LogP contribution in [0.5, 0.6) is 17.2 Å². The number of fused-ring (bicyclic) bond motifs is 2. The lowest BCUT2D eigenvalue weighted by Crippen LogP contribution is -2.33. The normalized spacial score (nSPS) is 11.2. The number of para-hydroxylation sites is 1. The molecule has 6 rings (SSSR count). The number of ether oxygens (including phenoxy) is 3. The zero-order valence-corrected chi connectivity index (χ0v) is 34.4. The average Bonchev–Trinajstić information content (AvgIpc) is 3.25. The summed E-state index contributed by atoms with van der Waals surface area (Å²) >= 11 is 0. The molecule has 0 radical (unpaired) electrons. The van der Waals surface area contributed by atoms with Gasteiger partial charge < -0.3 is 29.7 Å². The summed E-state index contributed by atoms with van der Waals surface area (Å²) in [5, 5.41) is 11.8. The Morgan fingerprint density at radius 1 is 0.690 bits per heavy atom. The Labute approximate surface area is 343 Å². The van der Waals surface area contributed by atoms with Crippen LogP contribution in [-0.4, -0.2) is 63.7 Å². The molecule has 8 heteroatoms. The van der Waals surface area contributed by atoms with E-state index in [4.69, 9.17) is 14.2 Å². The lowest BCUT2D eigenvalue weighted by atomic mass is 9.94. The van der Waals surface area contributed by atoms with Crippen LogP contribution >= 0.6 is 0 Å². The molecule has 2 amide bonds. The highest BCUT2D eigenvalue weighted by Crippen LogP contribution is 2.32. The van der Waals surface area contributed by atoms with E-state index in [1.165, 1.54) is 27.1 Å². The van der Waals surface area contributed by atoms with Crippen molar-refractivity contribution in [3.05, 3.63) is 138 Å². The van der Waals surface area contributed by atoms with Crippen LogP contribution in [0.2, 0.25) is 0 Å². The van der Waals surface area contributed by atoms with Gasteiger partial charge in [-0.3, -0.25) is 9.59 Å². The average molecular weight is 780 g/mol. The van der Waals surface area contributed by atoms with Gasteiger partial charge in [0, 0.05) is 48.8 Å². The van der Waals surface area contributed by atoms with Gasteiger partial charge in [0.05, 0.1) is 20.8 Å². The molecule has 0 saturated carbocycles. The fourth-order valence-electron chi connectivity index (χ4n) is 7.51. The third-order valence-corrected chi connectivity index (χ3v) is 10.4. The Kier molecular flexibility index (Phi) is 15.2. The second kappa shape index (κ2) is 21.1. The maximum atomic E-state index is 13.8. The molecule has 0 fully saturated rings. The van der Waals surface area contributed by atoms with Crippen molar-refractivity contribution >= 4 is 33.4 Å². The lowest BCUT2D eigenvalue weighted by molar-refractivity contribution is -0.121. The largest absolute Gasteiger partial charge is 0.496 e. The Hall–Kier alpha value is -5.86. The van der Waals surface area contributed by atoms with Crippen LogP contribution in [0.4, 0.5) is 0 Å². The van der Waals surface area contributed by atoms with Gasteiger partial charge in [0.15, 0.2) is 0 Å². The van der Waals surface area contributed by atoms with E-state index < -0.39 is 0 Å². The minimum absolute atomic E-state index is 0.0312. The molecule has 2 N–H and O–H groups in total. The summed E-state index contributed by atoms with van der Waals surface area (Å²) in [4.78, 5) is 28.2. The highest BCUT2D eigenvalue weighted by atomic mass is 16.5. The predicted molar refractivity (Wildman–Crippen MR) is 236 cm³/mol. The highest BCUT2D eigenvalue weighted by molar-refractivity contribution is 6.02. The topological polar surface area (TPSA) is 89.1 Å². The summed E-state index contributed by atoms with van der Waals surface area (Å²) in [6, 6.07) is 40.8. The molecule has 0 aliphatic heterocycles. The molecule has 58 heavy (non-hydrogen) atoms. The highest BCUT2D eigenvalue weighted by Gasteiger charge is 2.20. The molecule has 8 nitrogen and oxygen atoms in total. The van der Waals surface area contributed by atoms with Crippen molar-refractivity contribution < 1.29 is 23.8 Å². The number of amides is 2. The number of carbonyl (C=O) groups is 2. The van der Waals surface area contributed by atoms with Gasteiger partial charge in [-0.1, -0.05) is 92.7 Å². The molecule has 6 aromatic carbocycles. The second-order valence-electron chi connectivity index (χ2n) is 15.1. The smallest absolute Gasteiger partial charge is 0.254 e. The number of nitrogens with one attached hydrogen (secondary N) is 2. The van der Waals surface area contributed by atoms with Crippen molar-refractivity contribution in [3.63, 3.8) is 0 Å². The second-order valence-corrected chi connectivity index (χ2v) is 15.1. The molecule has 0 atom stereocenters. The van der Waals surface area contributed by atoms with Crippen LogP contribution in [0.1, 0.15) is 61.0 Å². The summed E-state index contributed by atoms with van der Waals surface area (Å²) in [6.07, 6.45) is 3.95. The molecular weight excluding hydrogens is 723 g/mol. The van der Waals surface area contributed by atoms with E-state index in [9.17, 15) is 9.59 Å². The van der Waals surface area contributed by atoms with E-state index in [2.05, 4.69) is 79.1 Å². The summed E-state index contributed by atoms with van der Waals surface area (Å²) in [5.41, 5.74) is 4.90. The summed E-state index contributed by atoms with van der Waals surface area (Å²) < 4.78 is 17.3. The fourth-order valence-corrected chi connectivity index (χ4v) is 7.51. The Morgan fingerprint density at radius 3 is 2.07 bits per heavy atom. The number of methoxy groups -OCH3 is 2. The van der Waals surface area contributed by atoms with Gasteiger partial charge in [-0.05, 0) is 114 Å². The molecule has 0 aliphatic carbocycles. The predicted octanol–water partition coefficient (Wildman–Crippen LogP) is 9.86. The zero-order chi connectivity index (χ0) is 40.7. The van der Waals surface area contributed by atoms with Crippen LogP contribution in [0, 0.1) is 5.92 Å². The van der Waals surface area contributed by atoms with Crippen molar-refractivity contribution in [1.29, 1.82) is 0 Å². The maximum Gasteiger partial charge on any atom is 0.254 e. The molecular formula is C50H57N3O5. The molecule has 0 spiro atoms. The summed E-state index contributed by atoms with van der Waals surface area (Å²) in [6.45, 7) is 8.05. The van der Waals surface area contributed by atoms with Gasteiger partial charge in [-0.25, -0.2) is 0 Å². The molecule has 0 aliphatic rings. The first kappa shape index (κ1) is 41.8. The fraction of sp³-hybridized carbons (Fsp3) is 0.320. The van der Waals surface area contributed by atoms with Crippen molar-refractivity contribution in [3.8, 4) is 28.4 Å². The van der Waals surface area contributed by atoms with Crippen molar-refractivity contribution in [1.82, 2.24) is 15.5 Å². The number of rotatable bonds is 21. The van der Waals surface area contributed by atoms with Gasteiger partial charge in [-0.2, -0.15) is 0 Å². The van der Waals surface area contributed by atoms with Crippen LogP contribution in [0.15, 0.2) is 121 Å². The number of benzene rings is 6. The van der Waals surface area contributed by atoms with E-state index in [1.54, 1.807) is 14.2 Å².